The smallest absolute Gasteiger partial charge is 0.124 e. The second-order valence-electron chi connectivity index (χ2n) is 4.22. The fourth-order valence-corrected chi connectivity index (χ4v) is 2.49. The molecule has 0 aromatic heterocycles. The summed E-state index contributed by atoms with van der Waals surface area (Å²) in [5, 5.41) is 0. The van der Waals surface area contributed by atoms with Crippen molar-refractivity contribution in [3.63, 3.8) is 0 Å². The Kier molecular flexibility index (Phi) is 3.33. The highest BCUT2D eigenvalue weighted by atomic mass is 79.9. The molecule has 12 heavy (non-hydrogen) atoms. The SMILES string of the molecule is CCC1(C)CCC(Br)C(C=O)C1. The van der Waals surface area contributed by atoms with Crippen LogP contribution in [-0.2, 0) is 4.79 Å². The lowest BCUT2D eigenvalue weighted by molar-refractivity contribution is -0.112. The minimum Gasteiger partial charge on any atom is -0.303 e. The summed E-state index contributed by atoms with van der Waals surface area (Å²) in [6, 6.07) is 0. The first-order valence-electron chi connectivity index (χ1n) is 4.70. The van der Waals surface area contributed by atoms with E-state index in [9.17, 15) is 4.79 Å². The Labute approximate surface area is 83.0 Å². The second-order valence-corrected chi connectivity index (χ2v) is 5.40. The van der Waals surface area contributed by atoms with E-state index < -0.39 is 0 Å². The monoisotopic (exact) mass is 232 g/mol. The molecular formula is C10H17BrO. The minimum atomic E-state index is 0.240. The van der Waals surface area contributed by atoms with Gasteiger partial charge in [0, 0.05) is 10.7 Å². The molecule has 1 aliphatic carbocycles. The summed E-state index contributed by atoms with van der Waals surface area (Å²) in [5.74, 6) is 0.240. The van der Waals surface area contributed by atoms with E-state index in [1.165, 1.54) is 12.8 Å². The van der Waals surface area contributed by atoms with Gasteiger partial charge in [0.25, 0.3) is 0 Å². The Morgan fingerprint density at radius 1 is 1.67 bits per heavy atom. The predicted octanol–water partition coefficient (Wildman–Crippen LogP) is 3.17. The average Bonchev–Trinajstić information content (AvgIpc) is 2.10. The summed E-state index contributed by atoms with van der Waals surface area (Å²) in [6.45, 7) is 4.51. The zero-order valence-electron chi connectivity index (χ0n) is 7.85. The quantitative estimate of drug-likeness (QED) is 0.528. The van der Waals surface area contributed by atoms with Crippen LogP contribution in [-0.4, -0.2) is 11.1 Å². The summed E-state index contributed by atoms with van der Waals surface area (Å²) in [7, 11) is 0. The normalized spacial score (nSPS) is 42.6. The van der Waals surface area contributed by atoms with Gasteiger partial charge in [-0.25, -0.2) is 0 Å². The molecular weight excluding hydrogens is 216 g/mol. The molecule has 0 radical (unpaired) electrons. The van der Waals surface area contributed by atoms with Crippen molar-refractivity contribution in [2.45, 2.75) is 44.4 Å². The molecule has 3 atom stereocenters. The Morgan fingerprint density at radius 3 is 2.83 bits per heavy atom. The van der Waals surface area contributed by atoms with Gasteiger partial charge in [-0.2, -0.15) is 0 Å². The van der Waals surface area contributed by atoms with Crippen LogP contribution in [0.4, 0.5) is 0 Å². The topological polar surface area (TPSA) is 17.1 Å². The molecule has 0 aliphatic heterocycles. The Morgan fingerprint density at radius 2 is 2.33 bits per heavy atom. The predicted molar refractivity (Wildman–Crippen MR) is 54.5 cm³/mol. The van der Waals surface area contributed by atoms with Gasteiger partial charge < -0.3 is 4.79 Å². The van der Waals surface area contributed by atoms with E-state index in [0.29, 0.717) is 10.2 Å². The maximum Gasteiger partial charge on any atom is 0.124 e. The number of hydrogen-bond acceptors (Lipinski definition) is 1. The van der Waals surface area contributed by atoms with Crippen LogP contribution in [0.2, 0.25) is 0 Å². The van der Waals surface area contributed by atoms with Gasteiger partial charge >= 0.3 is 0 Å². The summed E-state index contributed by atoms with van der Waals surface area (Å²) in [6.07, 6.45) is 5.77. The molecule has 3 unspecified atom stereocenters. The van der Waals surface area contributed by atoms with Crippen LogP contribution < -0.4 is 0 Å². The summed E-state index contributed by atoms with van der Waals surface area (Å²) in [4.78, 5) is 11.2. The Bertz CT molecular complexity index is 169. The zero-order chi connectivity index (χ0) is 9.19. The van der Waals surface area contributed by atoms with Crippen LogP contribution in [0.5, 0.6) is 0 Å². The maximum absolute atomic E-state index is 10.7. The second kappa shape index (κ2) is 3.91. The molecule has 0 aromatic carbocycles. The number of hydrogen-bond donors (Lipinski definition) is 0. The third-order valence-electron chi connectivity index (χ3n) is 3.25. The van der Waals surface area contributed by atoms with Crippen molar-refractivity contribution in [3.05, 3.63) is 0 Å². The maximum atomic E-state index is 10.7. The van der Waals surface area contributed by atoms with E-state index >= 15 is 0 Å². The first-order chi connectivity index (χ1) is 5.61. The molecule has 1 saturated carbocycles. The molecule has 1 fully saturated rings. The van der Waals surface area contributed by atoms with Crippen LogP contribution in [0.1, 0.15) is 39.5 Å². The fraction of sp³-hybridized carbons (Fsp3) is 0.900. The number of halogens is 1. The Hall–Kier alpha value is 0.150. The number of alkyl halides is 1. The largest absolute Gasteiger partial charge is 0.303 e. The summed E-state index contributed by atoms with van der Waals surface area (Å²) in [5.41, 5.74) is 0.413. The third-order valence-corrected chi connectivity index (χ3v) is 4.38. The highest BCUT2D eigenvalue weighted by Crippen LogP contribution is 2.43. The molecule has 0 bridgehead atoms. The lowest BCUT2D eigenvalue weighted by Crippen LogP contribution is -2.32. The van der Waals surface area contributed by atoms with Crippen LogP contribution in [0.15, 0.2) is 0 Å². The first-order valence-corrected chi connectivity index (χ1v) is 5.62. The number of carbonyl (C=O) groups is 1. The molecule has 70 valence electrons. The van der Waals surface area contributed by atoms with Crippen molar-refractivity contribution >= 4 is 22.2 Å². The van der Waals surface area contributed by atoms with Gasteiger partial charge in [-0.1, -0.05) is 36.2 Å². The van der Waals surface area contributed by atoms with Crippen molar-refractivity contribution in [3.8, 4) is 0 Å². The van der Waals surface area contributed by atoms with Gasteiger partial charge in [0.05, 0.1) is 0 Å². The lowest BCUT2D eigenvalue weighted by Gasteiger charge is -2.38. The van der Waals surface area contributed by atoms with Crippen molar-refractivity contribution in [2.24, 2.45) is 11.3 Å². The molecule has 0 spiro atoms. The van der Waals surface area contributed by atoms with Crippen molar-refractivity contribution in [2.75, 3.05) is 0 Å². The first kappa shape index (κ1) is 10.2. The summed E-state index contributed by atoms with van der Waals surface area (Å²) >= 11 is 3.56. The van der Waals surface area contributed by atoms with Gasteiger partial charge in [-0.3, -0.25) is 0 Å². The van der Waals surface area contributed by atoms with Gasteiger partial charge in [-0.05, 0) is 24.7 Å². The molecule has 0 N–H and O–H groups in total. The zero-order valence-corrected chi connectivity index (χ0v) is 9.43. The molecule has 1 aliphatic rings. The van der Waals surface area contributed by atoms with Crippen molar-refractivity contribution in [1.82, 2.24) is 0 Å². The highest BCUT2D eigenvalue weighted by molar-refractivity contribution is 9.09. The third kappa shape index (κ3) is 2.09. The Balaban J connectivity index is 2.60. The number of rotatable bonds is 2. The lowest BCUT2D eigenvalue weighted by atomic mass is 9.70. The van der Waals surface area contributed by atoms with E-state index in [2.05, 4.69) is 29.8 Å². The molecule has 0 heterocycles. The average molecular weight is 233 g/mol. The minimum absolute atomic E-state index is 0.240. The van der Waals surface area contributed by atoms with Crippen LogP contribution in [0.3, 0.4) is 0 Å². The number of aldehydes is 1. The molecule has 0 aromatic rings. The van der Waals surface area contributed by atoms with Crippen LogP contribution in [0.25, 0.3) is 0 Å². The number of carbonyl (C=O) groups excluding carboxylic acids is 1. The molecule has 1 nitrogen and oxygen atoms in total. The van der Waals surface area contributed by atoms with E-state index in [4.69, 9.17) is 0 Å². The van der Waals surface area contributed by atoms with Crippen LogP contribution >= 0.6 is 15.9 Å². The molecule has 2 heteroatoms. The van der Waals surface area contributed by atoms with E-state index in [1.54, 1.807) is 0 Å². The van der Waals surface area contributed by atoms with E-state index in [1.807, 2.05) is 0 Å². The standard InChI is InChI=1S/C10H17BrO/c1-3-10(2)5-4-9(11)8(6-10)7-12/h7-9H,3-6H2,1-2H3. The van der Waals surface area contributed by atoms with Gasteiger partial charge in [0.2, 0.25) is 0 Å². The highest BCUT2D eigenvalue weighted by Gasteiger charge is 2.35. The van der Waals surface area contributed by atoms with Crippen molar-refractivity contribution < 1.29 is 4.79 Å². The molecule has 0 amide bonds. The van der Waals surface area contributed by atoms with Gasteiger partial charge in [-0.15, -0.1) is 0 Å². The molecule has 0 saturated heterocycles. The van der Waals surface area contributed by atoms with E-state index in [0.717, 1.165) is 19.1 Å². The molecule has 1 rings (SSSR count). The van der Waals surface area contributed by atoms with Gasteiger partial charge in [0.1, 0.15) is 6.29 Å². The van der Waals surface area contributed by atoms with Crippen LogP contribution in [0, 0.1) is 11.3 Å². The van der Waals surface area contributed by atoms with Crippen molar-refractivity contribution in [1.29, 1.82) is 0 Å². The van der Waals surface area contributed by atoms with E-state index in [-0.39, 0.29) is 5.92 Å². The van der Waals surface area contributed by atoms with Gasteiger partial charge in [0.15, 0.2) is 0 Å². The fourth-order valence-electron chi connectivity index (χ4n) is 1.95. The summed E-state index contributed by atoms with van der Waals surface area (Å²) < 4.78 is 0.